The molecule has 0 aliphatic heterocycles. The SMILES string of the molecule is CCc1cccc(NS(=O)(=O)c2ccc(I)cc2)c1. The lowest BCUT2D eigenvalue weighted by molar-refractivity contribution is 0.601. The van der Waals surface area contributed by atoms with Gasteiger partial charge < -0.3 is 0 Å². The van der Waals surface area contributed by atoms with Gasteiger partial charge >= 0.3 is 0 Å². The highest BCUT2D eigenvalue weighted by atomic mass is 127. The molecular weight excluding hydrogens is 373 g/mol. The van der Waals surface area contributed by atoms with E-state index >= 15 is 0 Å². The molecule has 0 spiro atoms. The summed E-state index contributed by atoms with van der Waals surface area (Å²) in [5.41, 5.74) is 1.70. The van der Waals surface area contributed by atoms with Crippen molar-refractivity contribution in [3.05, 3.63) is 57.7 Å². The lowest BCUT2D eigenvalue weighted by Crippen LogP contribution is -2.13. The first-order chi connectivity index (χ1) is 9.01. The monoisotopic (exact) mass is 387 g/mol. The highest BCUT2D eigenvalue weighted by Crippen LogP contribution is 2.18. The summed E-state index contributed by atoms with van der Waals surface area (Å²) in [6, 6.07) is 14.2. The normalized spacial score (nSPS) is 11.3. The molecule has 0 saturated carbocycles. The number of hydrogen-bond acceptors (Lipinski definition) is 2. The molecule has 0 bridgehead atoms. The van der Waals surface area contributed by atoms with Crippen LogP contribution in [-0.4, -0.2) is 8.42 Å². The molecule has 2 rings (SSSR count). The zero-order valence-corrected chi connectivity index (χ0v) is 13.4. The maximum atomic E-state index is 12.2. The molecule has 0 aliphatic carbocycles. The molecule has 1 N–H and O–H groups in total. The third kappa shape index (κ3) is 3.70. The molecule has 0 aromatic heterocycles. The first kappa shape index (κ1) is 14.3. The molecule has 0 fully saturated rings. The van der Waals surface area contributed by atoms with Gasteiger partial charge in [-0.05, 0) is 71.0 Å². The van der Waals surface area contributed by atoms with Gasteiger partial charge in [-0.15, -0.1) is 0 Å². The Bertz CT molecular complexity index is 666. The van der Waals surface area contributed by atoms with Gasteiger partial charge in [0.2, 0.25) is 0 Å². The van der Waals surface area contributed by atoms with Crippen molar-refractivity contribution in [1.82, 2.24) is 0 Å². The van der Waals surface area contributed by atoms with Crippen molar-refractivity contribution >= 4 is 38.3 Å². The van der Waals surface area contributed by atoms with Crippen LogP contribution in [0.1, 0.15) is 12.5 Å². The highest BCUT2D eigenvalue weighted by molar-refractivity contribution is 14.1. The summed E-state index contributed by atoms with van der Waals surface area (Å²) in [6.45, 7) is 2.03. The molecule has 100 valence electrons. The molecule has 0 heterocycles. The van der Waals surface area contributed by atoms with E-state index in [1.54, 1.807) is 30.3 Å². The smallest absolute Gasteiger partial charge is 0.261 e. The summed E-state index contributed by atoms with van der Waals surface area (Å²) >= 11 is 2.14. The van der Waals surface area contributed by atoms with E-state index in [0.29, 0.717) is 5.69 Å². The average Bonchev–Trinajstić information content (AvgIpc) is 2.39. The molecule has 0 aliphatic rings. The molecule has 19 heavy (non-hydrogen) atoms. The van der Waals surface area contributed by atoms with Gasteiger partial charge in [-0.25, -0.2) is 8.42 Å². The molecular formula is C14H14INO2S. The van der Waals surface area contributed by atoms with Crippen molar-refractivity contribution in [2.24, 2.45) is 0 Å². The maximum absolute atomic E-state index is 12.2. The number of rotatable bonds is 4. The second kappa shape index (κ2) is 5.92. The zero-order valence-electron chi connectivity index (χ0n) is 10.4. The Labute approximate surface area is 127 Å². The molecule has 2 aromatic carbocycles. The number of aryl methyl sites for hydroxylation is 1. The van der Waals surface area contributed by atoms with Crippen molar-refractivity contribution in [3.63, 3.8) is 0 Å². The molecule has 0 saturated heterocycles. The Morgan fingerprint density at radius 2 is 1.79 bits per heavy atom. The van der Waals surface area contributed by atoms with Gasteiger partial charge in [-0.1, -0.05) is 19.1 Å². The number of sulfonamides is 1. The Balaban J connectivity index is 2.28. The molecule has 3 nitrogen and oxygen atoms in total. The van der Waals surface area contributed by atoms with Crippen LogP contribution in [0, 0.1) is 3.57 Å². The van der Waals surface area contributed by atoms with E-state index in [1.165, 1.54) is 0 Å². The first-order valence-corrected chi connectivity index (χ1v) is 8.45. The molecule has 0 atom stereocenters. The minimum Gasteiger partial charge on any atom is -0.280 e. The lowest BCUT2D eigenvalue weighted by atomic mass is 10.1. The highest BCUT2D eigenvalue weighted by Gasteiger charge is 2.13. The fraction of sp³-hybridized carbons (Fsp3) is 0.143. The van der Waals surface area contributed by atoms with Crippen LogP contribution in [0.2, 0.25) is 0 Å². The van der Waals surface area contributed by atoms with Crippen molar-refractivity contribution < 1.29 is 8.42 Å². The Kier molecular flexibility index (Phi) is 4.46. The van der Waals surface area contributed by atoms with Crippen LogP contribution in [0.15, 0.2) is 53.4 Å². The van der Waals surface area contributed by atoms with Crippen LogP contribution >= 0.6 is 22.6 Å². The van der Waals surface area contributed by atoms with E-state index in [1.807, 2.05) is 25.1 Å². The summed E-state index contributed by atoms with van der Waals surface area (Å²) < 4.78 is 28.0. The number of halogens is 1. The second-order valence-corrected chi connectivity index (χ2v) is 7.04. The number of hydrogen-bond donors (Lipinski definition) is 1. The van der Waals surface area contributed by atoms with Crippen molar-refractivity contribution in [2.75, 3.05) is 4.72 Å². The van der Waals surface area contributed by atoms with E-state index in [4.69, 9.17) is 0 Å². The van der Waals surface area contributed by atoms with Gasteiger partial charge in [0.15, 0.2) is 0 Å². The molecule has 0 unspecified atom stereocenters. The molecule has 0 radical (unpaired) electrons. The standard InChI is InChI=1S/C14H14INO2S/c1-2-11-4-3-5-13(10-11)16-19(17,18)14-8-6-12(15)7-9-14/h3-10,16H,2H2,1H3. The van der Waals surface area contributed by atoms with Gasteiger partial charge in [-0.3, -0.25) is 4.72 Å². The van der Waals surface area contributed by atoms with E-state index in [0.717, 1.165) is 15.6 Å². The van der Waals surface area contributed by atoms with E-state index in [-0.39, 0.29) is 4.90 Å². The Morgan fingerprint density at radius 3 is 2.42 bits per heavy atom. The topological polar surface area (TPSA) is 46.2 Å². The summed E-state index contributed by atoms with van der Waals surface area (Å²) in [5.74, 6) is 0. The maximum Gasteiger partial charge on any atom is 0.261 e. The van der Waals surface area contributed by atoms with Crippen LogP contribution < -0.4 is 4.72 Å². The first-order valence-electron chi connectivity index (χ1n) is 5.88. The van der Waals surface area contributed by atoms with Gasteiger partial charge in [0.25, 0.3) is 10.0 Å². The fourth-order valence-corrected chi connectivity index (χ4v) is 3.09. The van der Waals surface area contributed by atoms with Gasteiger partial charge in [-0.2, -0.15) is 0 Å². The van der Waals surface area contributed by atoms with E-state index in [9.17, 15) is 8.42 Å². The van der Waals surface area contributed by atoms with Crippen molar-refractivity contribution in [3.8, 4) is 0 Å². The van der Waals surface area contributed by atoms with Crippen LogP contribution in [0.25, 0.3) is 0 Å². The third-order valence-electron chi connectivity index (χ3n) is 2.71. The van der Waals surface area contributed by atoms with E-state index < -0.39 is 10.0 Å². The van der Waals surface area contributed by atoms with Crippen LogP contribution in [0.5, 0.6) is 0 Å². The quantitative estimate of drug-likeness (QED) is 0.815. The summed E-state index contributed by atoms with van der Waals surface area (Å²) in [4.78, 5) is 0.273. The van der Waals surface area contributed by atoms with Crippen LogP contribution in [-0.2, 0) is 16.4 Å². The van der Waals surface area contributed by atoms with Crippen LogP contribution in [0.4, 0.5) is 5.69 Å². The number of benzene rings is 2. The minimum absolute atomic E-state index is 0.273. The summed E-state index contributed by atoms with van der Waals surface area (Å²) in [7, 11) is -3.51. The van der Waals surface area contributed by atoms with Gasteiger partial charge in [0, 0.05) is 9.26 Å². The second-order valence-electron chi connectivity index (χ2n) is 4.11. The van der Waals surface area contributed by atoms with Crippen molar-refractivity contribution in [2.45, 2.75) is 18.2 Å². The summed E-state index contributed by atoms with van der Waals surface area (Å²) in [5, 5.41) is 0. The largest absolute Gasteiger partial charge is 0.280 e. The third-order valence-corrected chi connectivity index (χ3v) is 4.83. The number of nitrogens with one attached hydrogen (secondary N) is 1. The van der Waals surface area contributed by atoms with Crippen molar-refractivity contribution in [1.29, 1.82) is 0 Å². The molecule has 0 amide bonds. The predicted molar refractivity (Wildman–Crippen MR) is 85.8 cm³/mol. The molecule has 5 heteroatoms. The van der Waals surface area contributed by atoms with E-state index in [2.05, 4.69) is 27.3 Å². The zero-order chi connectivity index (χ0) is 13.9. The minimum atomic E-state index is -3.51. The van der Waals surface area contributed by atoms with Gasteiger partial charge in [0.05, 0.1) is 4.90 Å². The predicted octanol–water partition coefficient (Wildman–Crippen LogP) is 3.65. The molecule has 2 aromatic rings. The van der Waals surface area contributed by atoms with Gasteiger partial charge in [0.1, 0.15) is 0 Å². The van der Waals surface area contributed by atoms with Crippen LogP contribution in [0.3, 0.4) is 0 Å². The Morgan fingerprint density at radius 1 is 1.11 bits per heavy atom. The number of anilines is 1. The fourth-order valence-electron chi connectivity index (χ4n) is 1.68. The summed E-state index contributed by atoms with van der Waals surface area (Å²) in [6.07, 6.45) is 0.874. The average molecular weight is 387 g/mol. The Hall–Kier alpha value is -1.08. The lowest BCUT2D eigenvalue weighted by Gasteiger charge is -2.09.